The van der Waals surface area contributed by atoms with E-state index in [2.05, 4.69) is 9.88 Å². The highest BCUT2D eigenvalue weighted by atomic mass is 16.3. The van der Waals surface area contributed by atoms with Gasteiger partial charge in [0.1, 0.15) is 5.82 Å². The van der Waals surface area contributed by atoms with E-state index >= 15 is 0 Å². The number of nitrogens with two attached hydrogens (primary N) is 1. The van der Waals surface area contributed by atoms with E-state index < -0.39 is 5.60 Å². The van der Waals surface area contributed by atoms with Gasteiger partial charge in [-0.25, -0.2) is 4.98 Å². The molecule has 3 N–H and O–H groups in total. The van der Waals surface area contributed by atoms with E-state index in [0.717, 1.165) is 18.5 Å². The molecule has 0 aliphatic carbocycles. The molecule has 1 aliphatic rings. The highest BCUT2D eigenvalue weighted by Gasteiger charge is 2.35. The van der Waals surface area contributed by atoms with Crippen LogP contribution in [0.15, 0.2) is 18.3 Å². The summed E-state index contributed by atoms with van der Waals surface area (Å²) in [4.78, 5) is 19.6. The summed E-state index contributed by atoms with van der Waals surface area (Å²) in [5, 5.41) is 10.7. The number of carbonyl (C=O) groups excluding carboxylic acids is 1. The van der Waals surface area contributed by atoms with Gasteiger partial charge in [0.05, 0.1) is 12.0 Å². The largest absolute Gasteiger partial charge is 0.388 e. The zero-order valence-electron chi connectivity index (χ0n) is 12.7. The van der Waals surface area contributed by atoms with Crippen molar-refractivity contribution in [1.29, 1.82) is 0 Å². The van der Waals surface area contributed by atoms with E-state index in [1.165, 1.54) is 4.90 Å². The van der Waals surface area contributed by atoms with Gasteiger partial charge < -0.3 is 15.7 Å². The zero-order valence-corrected chi connectivity index (χ0v) is 12.7. The van der Waals surface area contributed by atoms with Crippen molar-refractivity contribution in [2.75, 3.05) is 32.9 Å². The fraction of sp³-hybridized carbons (Fsp3) is 0.600. The third kappa shape index (κ3) is 4.15. The molecule has 0 saturated carbocycles. The van der Waals surface area contributed by atoms with Crippen molar-refractivity contribution in [3.63, 3.8) is 0 Å². The summed E-state index contributed by atoms with van der Waals surface area (Å²) in [6.07, 6.45) is 3.36. The van der Waals surface area contributed by atoms with Gasteiger partial charge in [0.15, 0.2) is 0 Å². The van der Waals surface area contributed by atoms with Crippen molar-refractivity contribution in [3.05, 3.63) is 23.9 Å². The Balaban J connectivity index is 2.00. The molecular formula is C15H24N4O2. The molecule has 2 heterocycles. The Kier molecular flexibility index (Phi) is 4.80. The first-order valence-electron chi connectivity index (χ1n) is 7.24. The Morgan fingerprint density at radius 2 is 2.33 bits per heavy atom. The lowest BCUT2D eigenvalue weighted by molar-refractivity contribution is -0.136. The zero-order chi connectivity index (χ0) is 15.5. The number of likely N-dealkylation sites (tertiary alicyclic amines) is 1. The predicted octanol–water partition coefficient (Wildman–Crippen LogP) is 0.469. The van der Waals surface area contributed by atoms with Crippen LogP contribution in [-0.4, -0.2) is 58.6 Å². The van der Waals surface area contributed by atoms with Gasteiger partial charge in [0.2, 0.25) is 5.91 Å². The maximum atomic E-state index is 11.9. The predicted molar refractivity (Wildman–Crippen MR) is 81.4 cm³/mol. The molecule has 1 unspecified atom stereocenters. The van der Waals surface area contributed by atoms with Gasteiger partial charge in [-0.15, -0.1) is 0 Å². The molecular weight excluding hydrogens is 268 g/mol. The number of nitrogens with zero attached hydrogens (tertiary/aromatic N) is 3. The minimum absolute atomic E-state index is 0.0414. The monoisotopic (exact) mass is 292 g/mol. The van der Waals surface area contributed by atoms with Gasteiger partial charge in [-0.05, 0) is 25.5 Å². The summed E-state index contributed by atoms with van der Waals surface area (Å²) in [5.74, 6) is 0.483. The molecule has 21 heavy (non-hydrogen) atoms. The Morgan fingerprint density at radius 3 is 3.00 bits per heavy atom. The molecule has 2 rings (SSSR count). The summed E-state index contributed by atoms with van der Waals surface area (Å²) in [7, 11) is 3.42. The molecule has 1 aromatic rings. The SMILES string of the molecule is CN(C)C(=O)CC1(O)CCCN(Cc2cccnc2N)C1. The molecule has 1 atom stereocenters. The maximum absolute atomic E-state index is 11.9. The van der Waals surface area contributed by atoms with E-state index in [-0.39, 0.29) is 12.3 Å². The fourth-order valence-electron chi connectivity index (χ4n) is 2.75. The molecule has 1 amide bonds. The molecule has 1 saturated heterocycles. The van der Waals surface area contributed by atoms with Crippen LogP contribution in [0.4, 0.5) is 5.82 Å². The number of carbonyl (C=O) groups is 1. The first-order chi connectivity index (χ1) is 9.89. The first kappa shape index (κ1) is 15.7. The third-order valence-electron chi connectivity index (χ3n) is 3.93. The molecule has 0 radical (unpaired) electrons. The second kappa shape index (κ2) is 6.41. The molecule has 116 valence electrons. The van der Waals surface area contributed by atoms with Gasteiger partial charge in [-0.1, -0.05) is 6.07 Å². The van der Waals surface area contributed by atoms with Crippen LogP contribution in [0.2, 0.25) is 0 Å². The molecule has 6 heteroatoms. The van der Waals surface area contributed by atoms with E-state index in [1.807, 2.05) is 12.1 Å². The van der Waals surface area contributed by atoms with Crippen LogP contribution in [0.25, 0.3) is 0 Å². The van der Waals surface area contributed by atoms with Crippen molar-refractivity contribution in [2.45, 2.75) is 31.4 Å². The van der Waals surface area contributed by atoms with Crippen LogP contribution in [-0.2, 0) is 11.3 Å². The topological polar surface area (TPSA) is 82.7 Å². The average molecular weight is 292 g/mol. The molecule has 6 nitrogen and oxygen atoms in total. The van der Waals surface area contributed by atoms with Crippen LogP contribution >= 0.6 is 0 Å². The smallest absolute Gasteiger partial charge is 0.224 e. The number of hydrogen-bond donors (Lipinski definition) is 2. The van der Waals surface area contributed by atoms with Crippen LogP contribution in [0.5, 0.6) is 0 Å². The number of aromatic nitrogens is 1. The molecule has 0 aromatic carbocycles. The highest BCUT2D eigenvalue weighted by Crippen LogP contribution is 2.26. The Labute approximate surface area is 125 Å². The quantitative estimate of drug-likeness (QED) is 0.843. The van der Waals surface area contributed by atoms with Crippen LogP contribution in [0, 0.1) is 0 Å². The lowest BCUT2D eigenvalue weighted by Gasteiger charge is -2.39. The Morgan fingerprint density at radius 1 is 1.57 bits per heavy atom. The summed E-state index contributed by atoms with van der Waals surface area (Å²) in [5.41, 5.74) is 5.88. The number of aliphatic hydroxyl groups is 1. The van der Waals surface area contributed by atoms with Gasteiger partial charge >= 0.3 is 0 Å². The lowest BCUT2D eigenvalue weighted by Crippen LogP contribution is -2.50. The van der Waals surface area contributed by atoms with Crippen molar-refractivity contribution in [1.82, 2.24) is 14.8 Å². The summed E-state index contributed by atoms with van der Waals surface area (Å²) >= 11 is 0. The number of β-amino-alcohol motifs (C(OH)–C–C–N with tert-alkyl or cyclic N) is 1. The van der Waals surface area contributed by atoms with Gasteiger partial charge in [0, 0.05) is 38.9 Å². The minimum atomic E-state index is -0.948. The lowest BCUT2D eigenvalue weighted by atomic mass is 9.89. The molecule has 1 fully saturated rings. The average Bonchev–Trinajstić information content (AvgIpc) is 2.41. The number of amides is 1. The fourth-order valence-corrected chi connectivity index (χ4v) is 2.75. The van der Waals surface area contributed by atoms with Crippen LogP contribution in [0.1, 0.15) is 24.8 Å². The molecule has 1 aliphatic heterocycles. The van der Waals surface area contributed by atoms with Gasteiger partial charge in [-0.2, -0.15) is 0 Å². The normalized spacial score (nSPS) is 23.0. The minimum Gasteiger partial charge on any atom is -0.388 e. The highest BCUT2D eigenvalue weighted by molar-refractivity contribution is 5.76. The van der Waals surface area contributed by atoms with E-state index in [4.69, 9.17) is 5.73 Å². The number of piperidine rings is 1. The summed E-state index contributed by atoms with van der Waals surface area (Å²) in [6, 6.07) is 3.80. The Bertz CT molecular complexity index is 506. The summed E-state index contributed by atoms with van der Waals surface area (Å²) in [6.45, 7) is 2.03. The number of rotatable bonds is 4. The standard InChI is InChI=1S/C15H24N4O2/c1-18(2)13(20)9-15(21)6-4-8-19(11-15)10-12-5-3-7-17-14(12)16/h3,5,7,21H,4,6,8-11H2,1-2H3,(H2,16,17). The number of pyridine rings is 1. The van der Waals surface area contributed by atoms with E-state index in [1.54, 1.807) is 20.3 Å². The van der Waals surface area contributed by atoms with Gasteiger partial charge in [0.25, 0.3) is 0 Å². The van der Waals surface area contributed by atoms with E-state index in [0.29, 0.717) is 25.3 Å². The van der Waals surface area contributed by atoms with Crippen molar-refractivity contribution < 1.29 is 9.90 Å². The van der Waals surface area contributed by atoms with Crippen LogP contribution in [0.3, 0.4) is 0 Å². The molecule has 0 bridgehead atoms. The number of anilines is 1. The first-order valence-corrected chi connectivity index (χ1v) is 7.24. The second-order valence-corrected chi connectivity index (χ2v) is 6.05. The molecule has 0 spiro atoms. The van der Waals surface area contributed by atoms with Crippen molar-refractivity contribution in [3.8, 4) is 0 Å². The Hall–Kier alpha value is -1.66. The van der Waals surface area contributed by atoms with E-state index in [9.17, 15) is 9.90 Å². The van der Waals surface area contributed by atoms with Gasteiger partial charge in [-0.3, -0.25) is 9.69 Å². The summed E-state index contributed by atoms with van der Waals surface area (Å²) < 4.78 is 0. The maximum Gasteiger partial charge on any atom is 0.224 e. The molecule has 1 aromatic heterocycles. The number of hydrogen-bond acceptors (Lipinski definition) is 5. The van der Waals surface area contributed by atoms with Crippen molar-refractivity contribution in [2.24, 2.45) is 0 Å². The third-order valence-corrected chi connectivity index (χ3v) is 3.93. The second-order valence-electron chi connectivity index (χ2n) is 6.05. The number of nitrogen functional groups attached to an aromatic ring is 1. The van der Waals surface area contributed by atoms with Crippen molar-refractivity contribution >= 4 is 11.7 Å². The van der Waals surface area contributed by atoms with Crippen LogP contribution < -0.4 is 5.73 Å².